The SMILES string of the molecule is COc1ccc(-c2c(N)oc3c(C(C)(C)C)cc(C(C)(C)C)c(O)c23)cc1OC. The second kappa shape index (κ2) is 6.90. The normalized spacial score (nSPS) is 12.4. The third kappa shape index (κ3) is 3.50. The van der Waals surface area contributed by atoms with Gasteiger partial charge in [0.05, 0.1) is 25.2 Å². The van der Waals surface area contributed by atoms with E-state index >= 15 is 0 Å². The number of ether oxygens (including phenoxy) is 2. The van der Waals surface area contributed by atoms with Crippen molar-refractivity contribution >= 4 is 16.9 Å². The van der Waals surface area contributed by atoms with Crippen LogP contribution < -0.4 is 15.2 Å². The maximum Gasteiger partial charge on any atom is 0.199 e. The van der Waals surface area contributed by atoms with Crippen LogP contribution in [0, 0.1) is 0 Å². The number of benzene rings is 2. The van der Waals surface area contributed by atoms with E-state index in [-0.39, 0.29) is 22.5 Å². The van der Waals surface area contributed by atoms with Crippen LogP contribution in [-0.2, 0) is 10.8 Å². The minimum absolute atomic E-state index is 0.189. The number of hydrogen-bond acceptors (Lipinski definition) is 5. The number of phenolic OH excluding ortho intramolecular Hbond substituents is 1. The second-order valence-electron chi connectivity index (χ2n) is 9.44. The topological polar surface area (TPSA) is 77.9 Å². The van der Waals surface area contributed by atoms with Crippen molar-refractivity contribution in [2.75, 3.05) is 20.0 Å². The van der Waals surface area contributed by atoms with E-state index < -0.39 is 0 Å². The lowest BCUT2D eigenvalue weighted by Gasteiger charge is -2.26. The molecule has 0 saturated carbocycles. The number of hydrogen-bond donors (Lipinski definition) is 2. The van der Waals surface area contributed by atoms with Crippen LogP contribution >= 0.6 is 0 Å². The molecule has 1 aromatic heterocycles. The zero-order valence-electron chi connectivity index (χ0n) is 18.6. The molecule has 0 aliphatic carbocycles. The largest absolute Gasteiger partial charge is 0.507 e. The lowest BCUT2D eigenvalue weighted by atomic mass is 9.78. The summed E-state index contributed by atoms with van der Waals surface area (Å²) in [6.07, 6.45) is 0. The molecule has 0 radical (unpaired) electrons. The van der Waals surface area contributed by atoms with E-state index in [9.17, 15) is 5.11 Å². The Hall–Kier alpha value is -2.82. The first-order chi connectivity index (χ1) is 13.4. The third-order valence-electron chi connectivity index (χ3n) is 5.25. The fourth-order valence-corrected chi connectivity index (χ4v) is 3.68. The summed E-state index contributed by atoms with van der Waals surface area (Å²) in [6.45, 7) is 12.6. The maximum absolute atomic E-state index is 11.3. The highest BCUT2D eigenvalue weighted by Gasteiger charge is 2.31. The van der Waals surface area contributed by atoms with Gasteiger partial charge in [-0.15, -0.1) is 0 Å². The third-order valence-corrected chi connectivity index (χ3v) is 5.25. The van der Waals surface area contributed by atoms with Crippen LogP contribution in [0.25, 0.3) is 22.1 Å². The fourth-order valence-electron chi connectivity index (χ4n) is 3.68. The Labute approximate surface area is 172 Å². The summed E-state index contributed by atoms with van der Waals surface area (Å²) < 4.78 is 16.8. The quantitative estimate of drug-likeness (QED) is 0.567. The van der Waals surface area contributed by atoms with Gasteiger partial charge in [0.2, 0.25) is 0 Å². The van der Waals surface area contributed by atoms with Gasteiger partial charge < -0.3 is 24.7 Å². The molecular formula is C24H31NO4. The van der Waals surface area contributed by atoms with Crippen LogP contribution in [0.1, 0.15) is 52.7 Å². The Morgan fingerprint density at radius 3 is 1.97 bits per heavy atom. The van der Waals surface area contributed by atoms with E-state index in [0.717, 1.165) is 16.7 Å². The Kier molecular flexibility index (Phi) is 4.98. The summed E-state index contributed by atoms with van der Waals surface area (Å²) >= 11 is 0. The number of phenols is 1. The number of fused-ring (bicyclic) bond motifs is 1. The molecule has 156 valence electrons. The molecule has 3 N–H and O–H groups in total. The van der Waals surface area contributed by atoms with Crippen molar-refractivity contribution in [3.05, 3.63) is 35.4 Å². The molecule has 0 unspecified atom stereocenters. The predicted molar refractivity (Wildman–Crippen MR) is 118 cm³/mol. The van der Waals surface area contributed by atoms with Gasteiger partial charge in [-0.1, -0.05) is 47.6 Å². The van der Waals surface area contributed by atoms with E-state index in [1.54, 1.807) is 14.2 Å². The molecule has 0 saturated heterocycles. The molecule has 0 aliphatic rings. The Morgan fingerprint density at radius 1 is 0.862 bits per heavy atom. The highest BCUT2D eigenvalue weighted by molar-refractivity contribution is 6.06. The standard InChI is InChI=1S/C24H31NO4/c1-23(2,3)14-12-15(24(4,5)6)21-19(20(14)26)18(22(25)29-21)13-9-10-16(27-7)17(11-13)28-8/h9-12,26H,25H2,1-8H3. The summed E-state index contributed by atoms with van der Waals surface area (Å²) in [6, 6.07) is 7.60. The first-order valence-electron chi connectivity index (χ1n) is 9.71. The van der Waals surface area contributed by atoms with Gasteiger partial charge in [0.15, 0.2) is 17.4 Å². The molecule has 2 aromatic carbocycles. The first-order valence-corrected chi connectivity index (χ1v) is 9.71. The number of nitrogens with two attached hydrogens (primary N) is 1. The molecule has 3 rings (SSSR count). The van der Waals surface area contributed by atoms with Crippen LogP contribution in [0.2, 0.25) is 0 Å². The van der Waals surface area contributed by atoms with Crippen molar-refractivity contribution in [1.29, 1.82) is 0 Å². The fraction of sp³-hybridized carbons (Fsp3) is 0.417. The van der Waals surface area contributed by atoms with Crippen LogP contribution in [0.5, 0.6) is 17.2 Å². The monoisotopic (exact) mass is 397 g/mol. The number of furan rings is 1. The maximum atomic E-state index is 11.3. The van der Waals surface area contributed by atoms with Crippen LogP contribution in [-0.4, -0.2) is 19.3 Å². The Morgan fingerprint density at radius 2 is 1.45 bits per heavy atom. The Balaban J connectivity index is 2.45. The number of rotatable bonds is 3. The number of nitrogen functional groups attached to an aromatic ring is 1. The van der Waals surface area contributed by atoms with Gasteiger partial charge >= 0.3 is 0 Å². The lowest BCUT2D eigenvalue weighted by Crippen LogP contribution is -2.16. The van der Waals surface area contributed by atoms with Crippen LogP contribution in [0.3, 0.4) is 0 Å². The molecule has 0 bridgehead atoms. The van der Waals surface area contributed by atoms with Crippen molar-refractivity contribution in [2.45, 2.75) is 52.4 Å². The van der Waals surface area contributed by atoms with E-state index in [1.807, 2.05) is 24.3 Å². The van der Waals surface area contributed by atoms with Gasteiger partial charge in [0, 0.05) is 11.1 Å². The van der Waals surface area contributed by atoms with E-state index in [2.05, 4.69) is 41.5 Å². The second-order valence-corrected chi connectivity index (χ2v) is 9.44. The molecule has 3 aromatic rings. The lowest BCUT2D eigenvalue weighted by molar-refractivity contribution is 0.355. The zero-order valence-corrected chi connectivity index (χ0v) is 18.6. The summed E-state index contributed by atoms with van der Waals surface area (Å²) in [4.78, 5) is 0. The highest BCUT2D eigenvalue weighted by atomic mass is 16.5. The molecule has 29 heavy (non-hydrogen) atoms. The van der Waals surface area contributed by atoms with E-state index in [1.165, 1.54) is 0 Å². The molecule has 0 spiro atoms. The Bertz CT molecular complexity index is 1070. The van der Waals surface area contributed by atoms with Crippen LogP contribution in [0.4, 0.5) is 5.88 Å². The molecule has 5 heteroatoms. The summed E-state index contributed by atoms with van der Waals surface area (Å²) in [5.74, 6) is 1.67. The summed E-state index contributed by atoms with van der Waals surface area (Å²) in [7, 11) is 3.18. The van der Waals surface area contributed by atoms with Crippen molar-refractivity contribution in [2.24, 2.45) is 0 Å². The summed E-state index contributed by atoms with van der Waals surface area (Å²) in [5.41, 5.74) is 9.83. The minimum Gasteiger partial charge on any atom is -0.507 e. The van der Waals surface area contributed by atoms with Crippen LogP contribution in [0.15, 0.2) is 28.7 Å². The molecule has 0 atom stereocenters. The number of methoxy groups -OCH3 is 2. The zero-order chi connectivity index (χ0) is 21.7. The molecule has 1 heterocycles. The van der Waals surface area contributed by atoms with E-state index in [0.29, 0.717) is 28.0 Å². The minimum atomic E-state index is -0.251. The molecule has 0 fully saturated rings. The molecule has 5 nitrogen and oxygen atoms in total. The van der Waals surface area contributed by atoms with Gasteiger partial charge in [-0.2, -0.15) is 0 Å². The van der Waals surface area contributed by atoms with Gasteiger partial charge in [0.1, 0.15) is 11.3 Å². The number of aromatic hydroxyl groups is 1. The van der Waals surface area contributed by atoms with Crippen molar-refractivity contribution < 1.29 is 19.0 Å². The average Bonchev–Trinajstić information content (AvgIpc) is 2.96. The summed E-state index contributed by atoms with van der Waals surface area (Å²) in [5, 5.41) is 11.9. The molecule has 0 amide bonds. The number of anilines is 1. The van der Waals surface area contributed by atoms with Crippen molar-refractivity contribution in [3.8, 4) is 28.4 Å². The van der Waals surface area contributed by atoms with E-state index in [4.69, 9.17) is 19.6 Å². The predicted octanol–water partition coefficient (Wildman–Crippen LogP) is 6.00. The van der Waals surface area contributed by atoms with Crippen molar-refractivity contribution in [1.82, 2.24) is 0 Å². The smallest absolute Gasteiger partial charge is 0.199 e. The molecular weight excluding hydrogens is 366 g/mol. The van der Waals surface area contributed by atoms with Gasteiger partial charge in [-0.05, 0) is 34.6 Å². The van der Waals surface area contributed by atoms with Crippen molar-refractivity contribution in [3.63, 3.8) is 0 Å². The van der Waals surface area contributed by atoms with Gasteiger partial charge in [-0.25, -0.2) is 0 Å². The average molecular weight is 398 g/mol. The van der Waals surface area contributed by atoms with Gasteiger partial charge in [0.25, 0.3) is 0 Å². The molecule has 0 aliphatic heterocycles. The first kappa shape index (κ1) is 20.9. The highest BCUT2D eigenvalue weighted by Crippen LogP contribution is 2.49. The van der Waals surface area contributed by atoms with Gasteiger partial charge in [-0.3, -0.25) is 0 Å².